The van der Waals surface area contributed by atoms with Crippen molar-refractivity contribution in [2.75, 3.05) is 43.7 Å². The van der Waals surface area contributed by atoms with Crippen LogP contribution in [0.3, 0.4) is 0 Å². The van der Waals surface area contributed by atoms with Gasteiger partial charge in [-0.2, -0.15) is 0 Å². The number of carbonyl (C=O) groups excluding carboxylic acids is 3. The molecule has 1 spiro atoms. The number of aromatic nitrogens is 3. The molecule has 13 heteroatoms. The van der Waals surface area contributed by atoms with Gasteiger partial charge in [0.1, 0.15) is 5.75 Å². The molecule has 5 atom stereocenters. The SMILES string of the molecule is COC(=O)CCCCN1C(=O)[C@@]2(O[C@@H](CCn3cc(C(CO)c4ccccc4)nn3)[C@H]([Si](C)(C)c3ccc(OC)cc3)[C@H]2C)c2cc(N3CCC3=O)ccc21. The second-order valence-electron chi connectivity index (χ2n) is 15.5. The molecule has 0 bridgehead atoms. The fourth-order valence-corrected chi connectivity index (χ4v) is 13.1. The molecule has 2 saturated heterocycles. The number of rotatable bonds is 15. The Hall–Kier alpha value is -4.85. The van der Waals surface area contributed by atoms with Crippen molar-refractivity contribution in [3.8, 4) is 5.75 Å². The number of amides is 2. The van der Waals surface area contributed by atoms with Crippen LogP contribution in [0.25, 0.3) is 0 Å². The third kappa shape index (κ3) is 6.98. The van der Waals surface area contributed by atoms with Crippen molar-refractivity contribution in [3.63, 3.8) is 0 Å². The van der Waals surface area contributed by atoms with Crippen LogP contribution >= 0.6 is 0 Å². The first-order valence-corrected chi connectivity index (χ1v) is 22.3. The highest BCUT2D eigenvalue weighted by Gasteiger charge is 2.66. The molecule has 1 aromatic heterocycles. The number of aliphatic hydroxyl groups is 1. The van der Waals surface area contributed by atoms with Crippen LogP contribution in [-0.2, 0) is 36.0 Å². The Labute approximate surface area is 323 Å². The number of fused-ring (bicyclic) bond motifs is 2. The van der Waals surface area contributed by atoms with Gasteiger partial charge in [0.15, 0.2) is 5.60 Å². The predicted molar refractivity (Wildman–Crippen MR) is 211 cm³/mol. The van der Waals surface area contributed by atoms with E-state index in [-0.39, 0.29) is 54.3 Å². The number of aliphatic hydroxyl groups excluding tert-OH is 1. The summed E-state index contributed by atoms with van der Waals surface area (Å²) in [6, 6.07) is 24.0. The van der Waals surface area contributed by atoms with E-state index in [1.165, 1.54) is 12.3 Å². The summed E-state index contributed by atoms with van der Waals surface area (Å²) in [5.41, 5.74) is 2.72. The van der Waals surface area contributed by atoms with Crippen molar-refractivity contribution < 1.29 is 33.7 Å². The first-order valence-electron chi connectivity index (χ1n) is 19.2. The van der Waals surface area contributed by atoms with Crippen molar-refractivity contribution in [2.45, 2.75) is 81.8 Å². The highest BCUT2D eigenvalue weighted by Crippen LogP contribution is 2.60. The number of β-lactam (4-membered cyclic amide) rings is 1. The second-order valence-corrected chi connectivity index (χ2v) is 20.2. The lowest BCUT2D eigenvalue weighted by atomic mass is 9.82. The van der Waals surface area contributed by atoms with Gasteiger partial charge >= 0.3 is 5.97 Å². The zero-order valence-corrected chi connectivity index (χ0v) is 33.3. The number of methoxy groups -OCH3 is 2. The van der Waals surface area contributed by atoms with Crippen LogP contribution in [0.2, 0.25) is 18.6 Å². The summed E-state index contributed by atoms with van der Waals surface area (Å²) in [6.07, 6.45) is 4.13. The number of unbranched alkanes of at least 4 members (excludes halogenated alkanes) is 1. The van der Waals surface area contributed by atoms with Gasteiger partial charge in [-0.1, -0.05) is 72.9 Å². The monoisotopic (exact) mass is 765 g/mol. The van der Waals surface area contributed by atoms with Crippen LogP contribution in [-0.4, -0.2) is 86.0 Å². The maximum Gasteiger partial charge on any atom is 0.305 e. The molecule has 55 heavy (non-hydrogen) atoms. The minimum Gasteiger partial charge on any atom is -0.497 e. The molecule has 2 fully saturated rings. The van der Waals surface area contributed by atoms with E-state index >= 15 is 4.79 Å². The molecule has 0 radical (unpaired) electrons. The summed E-state index contributed by atoms with van der Waals surface area (Å²) in [7, 11) is 0.633. The third-order valence-corrected chi connectivity index (χ3v) is 16.5. The van der Waals surface area contributed by atoms with Crippen molar-refractivity contribution in [2.24, 2.45) is 5.92 Å². The topological polar surface area (TPSA) is 136 Å². The van der Waals surface area contributed by atoms with Crippen molar-refractivity contribution in [1.29, 1.82) is 0 Å². The molecule has 3 aliphatic heterocycles. The molecule has 0 saturated carbocycles. The summed E-state index contributed by atoms with van der Waals surface area (Å²) in [5.74, 6) is -0.0586. The molecule has 4 aromatic rings. The largest absolute Gasteiger partial charge is 0.497 e. The molecule has 7 rings (SSSR count). The number of aryl methyl sites for hydroxylation is 1. The van der Waals surface area contributed by atoms with E-state index in [9.17, 15) is 14.7 Å². The van der Waals surface area contributed by atoms with Crippen molar-refractivity contribution in [1.82, 2.24) is 15.0 Å². The highest BCUT2D eigenvalue weighted by atomic mass is 28.3. The van der Waals surface area contributed by atoms with Crippen molar-refractivity contribution in [3.05, 3.63) is 95.8 Å². The Balaban J connectivity index is 1.25. The average molecular weight is 766 g/mol. The Morgan fingerprint density at radius 3 is 2.45 bits per heavy atom. The Morgan fingerprint density at radius 2 is 1.80 bits per heavy atom. The minimum atomic E-state index is -2.41. The predicted octanol–water partition coefficient (Wildman–Crippen LogP) is 5.14. The van der Waals surface area contributed by atoms with Gasteiger partial charge in [0.05, 0.1) is 52.3 Å². The van der Waals surface area contributed by atoms with E-state index < -0.39 is 13.7 Å². The standard InChI is InChI=1S/C42H51N5O7Si/c1-28-40(55(4,5)32-17-15-31(52-2)16-18-32)37(20-23-45-26-35(43-44-45)33(27-48)29-11-7-6-8-12-29)54-42(28)34-25-30(46-24-21-38(46)49)14-19-36(34)47(41(42)51)22-10-9-13-39(50)53-3/h6-8,11-12,14-19,25-26,28,33,37,40,48H,9-10,13,20-24,27H2,1-5H3/t28-,33?,37+,40-,42+/m1/s1. The zero-order chi connectivity index (χ0) is 38.9. The molecule has 1 N–H and O–H groups in total. The Kier molecular flexibility index (Phi) is 11.0. The molecule has 2 amide bonds. The van der Waals surface area contributed by atoms with Gasteiger partial charge in [0, 0.05) is 55.8 Å². The lowest BCUT2D eigenvalue weighted by Crippen LogP contribution is -2.52. The molecule has 1 unspecified atom stereocenters. The first kappa shape index (κ1) is 38.4. The number of hydrogen-bond donors (Lipinski definition) is 1. The average Bonchev–Trinajstić information content (AvgIpc) is 3.85. The van der Waals surface area contributed by atoms with Crippen molar-refractivity contribution >= 4 is 42.4 Å². The molecule has 3 aliphatic rings. The number of anilines is 2. The molecule has 12 nitrogen and oxygen atoms in total. The van der Waals surface area contributed by atoms with E-state index in [0.717, 1.165) is 28.3 Å². The molecular formula is C42H51N5O7Si. The van der Waals surface area contributed by atoms with Gasteiger partial charge < -0.3 is 29.1 Å². The van der Waals surface area contributed by atoms with Crippen LogP contribution in [0.1, 0.15) is 61.8 Å². The van der Waals surface area contributed by atoms with E-state index in [0.29, 0.717) is 51.0 Å². The summed E-state index contributed by atoms with van der Waals surface area (Å²) in [4.78, 5) is 43.3. The number of nitrogens with zero attached hydrogens (tertiary/aromatic N) is 5. The normalized spacial score (nSPS) is 22.5. The van der Waals surface area contributed by atoms with Gasteiger partial charge in [-0.25, -0.2) is 0 Å². The van der Waals surface area contributed by atoms with Gasteiger partial charge in [-0.3, -0.25) is 19.1 Å². The maximum absolute atomic E-state index is 15.1. The number of carbonyl (C=O) groups is 3. The molecular weight excluding hydrogens is 715 g/mol. The summed E-state index contributed by atoms with van der Waals surface area (Å²) in [5, 5.41) is 20.5. The van der Waals surface area contributed by atoms with Crippen LogP contribution < -0.4 is 19.7 Å². The highest BCUT2D eigenvalue weighted by molar-refractivity contribution is 6.91. The molecule has 3 aromatic carbocycles. The van der Waals surface area contributed by atoms with Crippen LogP contribution in [0.15, 0.2) is 79.0 Å². The molecule has 290 valence electrons. The van der Waals surface area contributed by atoms with E-state index in [1.807, 2.05) is 76.4 Å². The Bertz CT molecular complexity index is 2020. The quantitative estimate of drug-likeness (QED) is 0.0755. The Morgan fingerprint density at radius 1 is 1.04 bits per heavy atom. The van der Waals surface area contributed by atoms with E-state index in [4.69, 9.17) is 14.2 Å². The fourth-order valence-electron chi connectivity index (χ4n) is 9.09. The fraction of sp³-hybridized carbons (Fsp3) is 0.452. The third-order valence-electron chi connectivity index (χ3n) is 12.2. The van der Waals surface area contributed by atoms with Crippen LogP contribution in [0.5, 0.6) is 5.75 Å². The maximum atomic E-state index is 15.1. The summed E-state index contributed by atoms with van der Waals surface area (Å²) in [6.45, 7) is 8.33. The van der Waals surface area contributed by atoms with E-state index in [2.05, 4.69) is 42.5 Å². The minimum absolute atomic E-state index is 0.00349. The summed E-state index contributed by atoms with van der Waals surface area (Å²) < 4.78 is 19.5. The van der Waals surface area contributed by atoms with Gasteiger partial charge in [-0.05, 0) is 60.7 Å². The molecule has 0 aliphatic carbocycles. The lowest BCUT2D eigenvalue weighted by Gasteiger charge is -2.37. The van der Waals surface area contributed by atoms with Crippen LogP contribution in [0.4, 0.5) is 11.4 Å². The molecule has 4 heterocycles. The second kappa shape index (κ2) is 15.7. The smallest absolute Gasteiger partial charge is 0.305 e. The number of hydrogen-bond acceptors (Lipinski definition) is 9. The van der Waals surface area contributed by atoms with Gasteiger partial charge in [0.2, 0.25) is 5.91 Å². The zero-order valence-electron chi connectivity index (χ0n) is 32.3. The van der Waals surface area contributed by atoms with Gasteiger partial charge in [0.25, 0.3) is 5.91 Å². The van der Waals surface area contributed by atoms with Gasteiger partial charge in [-0.15, -0.1) is 5.10 Å². The first-order chi connectivity index (χ1) is 26.5. The lowest BCUT2D eigenvalue weighted by molar-refractivity contribution is -0.146. The van der Waals surface area contributed by atoms with E-state index in [1.54, 1.807) is 12.0 Å². The van der Waals surface area contributed by atoms with Crippen LogP contribution in [0, 0.1) is 5.92 Å². The number of ether oxygens (including phenoxy) is 3. The number of benzene rings is 3. The summed E-state index contributed by atoms with van der Waals surface area (Å²) >= 11 is 0. The number of esters is 1.